The van der Waals surface area contributed by atoms with Gasteiger partial charge in [-0.25, -0.2) is 17.8 Å². The number of imidazole rings is 1. The lowest BCUT2D eigenvalue weighted by atomic mass is 10.2. The molecular weight excluding hydrogens is 405 g/mol. The van der Waals surface area contributed by atoms with Crippen LogP contribution in [0.5, 0.6) is 0 Å². The van der Waals surface area contributed by atoms with E-state index < -0.39 is 26.8 Å². The fraction of sp³-hybridized carbons (Fsp3) is 0.273. The topological polar surface area (TPSA) is 72.3 Å². The number of nitrogens with zero attached hydrogens (tertiary/aromatic N) is 3. The Hall–Kier alpha value is -3.00. The van der Waals surface area contributed by atoms with Crippen molar-refractivity contribution in [1.82, 2.24) is 14.5 Å². The number of carbonyl (C=O) groups excluding carboxylic acids is 1. The Bertz CT molecular complexity index is 1110. The van der Waals surface area contributed by atoms with E-state index in [1.165, 1.54) is 31.0 Å². The summed E-state index contributed by atoms with van der Waals surface area (Å²) in [7, 11) is -2.28. The van der Waals surface area contributed by atoms with E-state index in [2.05, 4.69) is 4.98 Å². The number of benzene rings is 2. The van der Waals surface area contributed by atoms with Gasteiger partial charge in [0.1, 0.15) is 22.6 Å². The Morgan fingerprint density at radius 3 is 2.53 bits per heavy atom. The molecule has 0 radical (unpaired) electrons. The van der Waals surface area contributed by atoms with Crippen LogP contribution in [-0.2, 0) is 33.5 Å². The van der Waals surface area contributed by atoms with Crippen molar-refractivity contribution in [2.45, 2.75) is 31.0 Å². The molecule has 0 aliphatic carbocycles. The van der Waals surface area contributed by atoms with E-state index >= 15 is 0 Å². The summed E-state index contributed by atoms with van der Waals surface area (Å²) in [5.41, 5.74) is 1.61. The molecule has 1 heterocycles. The molecule has 0 N–H and O–H groups in total. The summed E-state index contributed by atoms with van der Waals surface area (Å²) in [5.74, 6) is -0.904. The third-order valence-electron chi connectivity index (χ3n) is 4.90. The third kappa shape index (κ3) is 5.33. The van der Waals surface area contributed by atoms with Crippen LogP contribution in [0, 0.1) is 5.82 Å². The lowest BCUT2D eigenvalue weighted by Gasteiger charge is -2.22. The molecule has 2 aromatic carbocycles. The normalized spacial score (nSPS) is 12.5. The van der Waals surface area contributed by atoms with Gasteiger partial charge in [-0.3, -0.25) is 4.79 Å². The fourth-order valence-electron chi connectivity index (χ4n) is 3.16. The highest BCUT2D eigenvalue weighted by molar-refractivity contribution is 7.92. The molecule has 3 rings (SSSR count). The van der Waals surface area contributed by atoms with Crippen molar-refractivity contribution in [3.63, 3.8) is 0 Å². The minimum absolute atomic E-state index is 0.124. The Labute approximate surface area is 175 Å². The number of sulfone groups is 1. The zero-order valence-electron chi connectivity index (χ0n) is 16.9. The quantitative estimate of drug-likeness (QED) is 0.552. The number of carbonyl (C=O) groups is 1. The second kappa shape index (κ2) is 9.21. The lowest BCUT2D eigenvalue weighted by molar-refractivity contribution is -0.129. The van der Waals surface area contributed by atoms with Crippen LogP contribution in [0.3, 0.4) is 0 Å². The molecule has 0 saturated heterocycles. The molecule has 0 aliphatic rings. The smallest absolute Gasteiger partial charge is 0.240 e. The minimum Gasteiger partial charge on any atom is -0.340 e. The summed E-state index contributed by atoms with van der Waals surface area (Å²) in [6.45, 7) is 2.00. The number of amides is 1. The van der Waals surface area contributed by atoms with Crippen molar-refractivity contribution in [2.24, 2.45) is 0 Å². The van der Waals surface area contributed by atoms with Gasteiger partial charge >= 0.3 is 0 Å². The van der Waals surface area contributed by atoms with Crippen LogP contribution in [0.2, 0.25) is 0 Å². The monoisotopic (exact) mass is 429 g/mol. The van der Waals surface area contributed by atoms with Crippen LogP contribution in [0.25, 0.3) is 0 Å². The molecule has 0 fully saturated rings. The molecule has 1 unspecified atom stereocenters. The van der Waals surface area contributed by atoms with Crippen LogP contribution >= 0.6 is 0 Å². The van der Waals surface area contributed by atoms with Crippen LogP contribution in [0.1, 0.15) is 23.9 Å². The highest BCUT2D eigenvalue weighted by Crippen LogP contribution is 2.15. The summed E-state index contributed by atoms with van der Waals surface area (Å²) < 4.78 is 40.9. The maximum absolute atomic E-state index is 13.4. The van der Waals surface area contributed by atoms with Crippen molar-refractivity contribution in [1.29, 1.82) is 0 Å². The Balaban J connectivity index is 1.69. The molecule has 0 aliphatic heterocycles. The molecule has 0 bridgehead atoms. The van der Waals surface area contributed by atoms with Crippen molar-refractivity contribution in [3.8, 4) is 0 Å². The Kier molecular flexibility index (Phi) is 6.66. The molecule has 1 amide bonds. The van der Waals surface area contributed by atoms with Gasteiger partial charge in [0.25, 0.3) is 0 Å². The SMILES string of the molecule is CC(C(=O)N(C)Cc1cccc(F)c1)S(=O)(=O)Cc1nccn1Cc1ccccc1. The predicted molar refractivity (Wildman–Crippen MR) is 113 cm³/mol. The van der Waals surface area contributed by atoms with Gasteiger partial charge < -0.3 is 9.47 Å². The molecular formula is C22H24FN3O3S. The van der Waals surface area contributed by atoms with Crippen LogP contribution in [0.4, 0.5) is 4.39 Å². The van der Waals surface area contributed by atoms with Gasteiger partial charge in [-0.2, -0.15) is 0 Å². The first-order chi connectivity index (χ1) is 14.3. The second-order valence-electron chi connectivity index (χ2n) is 7.23. The second-order valence-corrected chi connectivity index (χ2v) is 9.55. The number of halogens is 1. The molecule has 3 aromatic rings. The number of hydrogen-bond acceptors (Lipinski definition) is 4. The molecule has 158 valence electrons. The van der Waals surface area contributed by atoms with Crippen molar-refractivity contribution in [2.75, 3.05) is 7.05 Å². The minimum atomic E-state index is -3.79. The average Bonchev–Trinajstić information content (AvgIpc) is 3.13. The molecule has 1 atom stereocenters. The average molecular weight is 430 g/mol. The lowest BCUT2D eigenvalue weighted by Crippen LogP contribution is -2.39. The Morgan fingerprint density at radius 2 is 1.83 bits per heavy atom. The van der Waals surface area contributed by atoms with Gasteiger partial charge in [0.2, 0.25) is 5.91 Å². The first-order valence-corrected chi connectivity index (χ1v) is 11.2. The number of aromatic nitrogens is 2. The van der Waals surface area contributed by atoms with E-state index in [1.54, 1.807) is 29.1 Å². The van der Waals surface area contributed by atoms with Crippen LogP contribution in [-0.4, -0.2) is 41.1 Å². The maximum atomic E-state index is 13.4. The van der Waals surface area contributed by atoms with Crippen molar-refractivity contribution >= 4 is 15.7 Å². The van der Waals surface area contributed by atoms with E-state index in [0.29, 0.717) is 17.9 Å². The molecule has 8 heteroatoms. The first-order valence-electron chi connectivity index (χ1n) is 9.51. The zero-order valence-corrected chi connectivity index (χ0v) is 17.7. The van der Waals surface area contributed by atoms with E-state index in [9.17, 15) is 17.6 Å². The van der Waals surface area contributed by atoms with Gasteiger partial charge in [-0.1, -0.05) is 42.5 Å². The largest absolute Gasteiger partial charge is 0.340 e. The zero-order chi connectivity index (χ0) is 21.7. The van der Waals surface area contributed by atoms with Gasteiger partial charge in [-0.15, -0.1) is 0 Å². The van der Waals surface area contributed by atoms with Crippen molar-refractivity contribution < 1.29 is 17.6 Å². The molecule has 0 spiro atoms. The Morgan fingerprint density at radius 1 is 1.13 bits per heavy atom. The summed E-state index contributed by atoms with van der Waals surface area (Å²) >= 11 is 0. The summed E-state index contributed by atoms with van der Waals surface area (Å²) in [6, 6.07) is 15.5. The van der Waals surface area contributed by atoms with Crippen LogP contribution < -0.4 is 0 Å². The van der Waals surface area contributed by atoms with Crippen molar-refractivity contribution in [3.05, 3.63) is 89.8 Å². The summed E-state index contributed by atoms with van der Waals surface area (Å²) in [6.07, 6.45) is 3.27. The van der Waals surface area contributed by atoms with Gasteiger partial charge in [0.05, 0.1) is 0 Å². The molecule has 0 saturated carbocycles. The maximum Gasteiger partial charge on any atom is 0.240 e. The third-order valence-corrected chi connectivity index (χ3v) is 6.84. The summed E-state index contributed by atoms with van der Waals surface area (Å²) in [4.78, 5) is 18.2. The van der Waals surface area contributed by atoms with E-state index in [1.807, 2.05) is 30.3 Å². The first kappa shape index (κ1) is 21.7. The number of hydrogen-bond donors (Lipinski definition) is 0. The summed E-state index contributed by atoms with van der Waals surface area (Å²) in [5, 5.41) is -1.24. The van der Waals surface area contributed by atoms with E-state index in [0.717, 1.165) is 5.56 Å². The molecule has 1 aromatic heterocycles. The van der Waals surface area contributed by atoms with Crippen LogP contribution in [0.15, 0.2) is 67.0 Å². The van der Waals surface area contributed by atoms with Gasteiger partial charge in [0.15, 0.2) is 9.84 Å². The molecule has 30 heavy (non-hydrogen) atoms. The van der Waals surface area contributed by atoms with E-state index in [4.69, 9.17) is 0 Å². The highest BCUT2D eigenvalue weighted by Gasteiger charge is 2.31. The standard InChI is InChI=1S/C22H24FN3O3S/c1-17(22(27)25(2)14-19-9-6-10-20(23)13-19)30(28,29)16-21-24-11-12-26(21)15-18-7-4-3-5-8-18/h3-13,17H,14-16H2,1-2H3. The highest BCUT2D eigenvalue weighted by atomic mass is 32.2. The molecule has 6 nitrogen and oxygen atoms in total. The fourth-order valence-corrected chi connectivity index (χ4v) is 4.50. The van der Waals surface area contributed by atoms with E-state index in [-0.39, 0.29) is 12.3 Å². The van der Waals surface area contributed by atoms with Gasteiger partial charge in [-0.05, 0) is 30.2 Å². The number of rotatable bonds is 8. The van der Waals surface area contributed by atoms with Gasteiger partial charge in [0, 0.05) is 32.5 Å². The predicted octanol–water partition coefficient (Wildman–Crippen LogP) is 3.03.